The van der Waals surface area contributed by atoms with Crippen molar-refractivity contribution in [3.05, 3.63) is 11.3 Å². The Balaban J connectivity index is 0.00000306. The number of thioether (sulfide) groups is 3. The Hall–Kier alpha value is -1.34. The molecule has 3 atom stereocenters. The molecule has 1 fully saturated rings. The van der Waals surface area contributed by atoms with E-state index in [1.807, 2.05) is 0 Å². The van der Waals surface area contributed by atoms with E-state index in [9.17, 15) is 24.3 Å². The molecule has 0 radical (unpaired) electrons. The molecule has 3 heterocycles. The van der Waals surface area contributed by atoms with Crippen LogP contribution in [0.3, 0.4) is 0 Å². The van der Waals surface area contributed by atoms with Gasteiger partial charge in [-0.25, -0.2) is 4.68 Å². The number of fused-ring (bicyclic) bond motifs is 1. The number of rotatable bonds is 11. The predicted octanol–water partition coefficient (Wildman–Crippen LogP) is -5.53. The third-order valence-corrected chi connectivity index (χ3v) is 8.29. The number of β-lactam (4-membered cyclic amide) rings is 1. The Bertz CT molecular complexity index is 1010. The van der Waals surface area contributed by atoms with Crippen molar-refractivity contribution in [1.29, 1.82) is 0 Å². The van der Waals surface area contributed by atoms with Gasteiger partial charge in [0.2, 0.25) is 11.1 Å². The maximum atomic E-state index is 13.0. The van der Waals surface area contributed by atoms with Crippen molar-refractivity contribution in [3.8, 4) is 0 Å². The number of carboxylic acid groups (broad SMARTS) is 2. The van der Waals surface area contributed by atoms with Crippen molar-refractivity contribution in [2.75, 3.05) is 30.1 Å². The predicted molar refractivity (Wildman–Crippen MR) is 122 cm³/mol. The van der Waals surface area contributed by atoms with Crippen LogP contribution in [0.5, 0.6) is 0 Å². The second kappa shape index (κ2) is 13.3. The number of hydrogen-bond acceptors (Lipinski definition) is 13. The fourth-order valence-electron chi connectivity index (χ4n) is 3.13. The number of aliphatic carboxylic acids is 2. The van der Waals surface area contributed by atoms with Gasteiger partial charge in [-0.15, -0.1) is 28.6 Å². The molecule has 0 spiro atoms. The molecule has 0 saturated carbocycles. The molecule has 0 bridgehead atoms. The summed E-state index contributed by atoms with van der Waals surface area (Å²) in [5.41, 5.74) is 3.84. The van der Waals surface area contributed by atoms with Crippen molar-refractivity contribution < 1.29 is 63.7 Å². The second-order valence-electron chi connectivity index (χ2n) is 6.90. The standard InChI is InChI=1S/C16H21N7O7S3.CH4.Na/c1-22-15(19-20-21-22)33-4-7-3-32-14-16(30-2,13(29)23(14)10(7)12(27)28)18-9(24)6-31-5-8(17)11(25)26;;/h8,14H,3-6,17H2,1-2H3,(H,18,24)(H,25,26)(H,27,28);1H4;/q;;+1/p-1/t8?,14-,16+;;/m1../s1. The van der Waals surface area contributed by atoms with Gasteiger partial charge in [-0.05, 0) is 16.0 Å². The fraction of sp³-hybridized carbons (Fsp3) is 0.588. The van der Waals surface area contributed by atoms with Crippen LogP contribution in [0.2, 0.25) is 0 Å². The molecular weight excluding hydrogens is 533 g/mol. The summed E-state index contributed by atoms with van der Waals surface area (Å²) in [6.45, 7) is 0. The number of methoxy groups -OCH3 is 1. The van der Waals surface area contributed by atoms with Crippen LogP contribution < -0.4 is 45.7 Å². The van der Waals surface area contributed by atoms with Crippen molar-refractivity contribution in [2.24, 2.45) is 12.8 Å². The molecule has 14 nitrogen and oxygen atoms in total. The largest absolute Gasteiger partial charge is 1.00 e. The van der Waals surface area contributed by atoms with Gasteiger partial charge in [0.25, 0.3) is 11.6 Å². The molecule has 1 unspecified atom stereocenters. The zero-order chi connectivity index (χ0) is 24.3. The molecule has 188 valence electrons. The third-order valence-electron chi connectivity index (χ3n) is 4.75. The minimum absolute atomic E-state index is 0. The monoisotopic (exact) mass is 557 g/mol. The first-order valence-corrected chi connectivity index (χ1v) is 12.5. The Labute approximate surface area is 235 Å². The smallest absolute Gasteiger partial charge is 0.543 e. The molecule has 1 aromatic rings. The average Bonchev–Trinajstić information content (AvgIpc) is 3.19. The van der Waals surface area contributed by atoms with Crippen molar-refractivity contribution >= 4 is 59.0 Å². The Morgan fingerprint density at radius 2 is 2.14 bits per heavy atom. The number of ether oxygens (including phenoxy) is 1. The number of amides is 2. The van der Waals surface area contributed by atoms with E-state index in [1.165, 1.54) is 35.3 Å². The van der Waals surface area contributed by atoms with Crippen LogP contribution in [0.25, 0.3) is 0 Å². The van der Waals surface area contributed by atoms with Gasteiger partial charge in [-0.2, -0.15) is 0 Å². The van der Waals surface area contributed by atoms with E-state index in [0.29, 0.717) is 10.7 Å². The zero-order valence-electron chi connectivity index (χ0n) is 18.4. The first kappa shape index (κ1) is 31.7. The molecular formula is C17H24N7NaO7S3. The number of tetrazole rings is 1. The van der Waals surface area contributed by atoms with Crippen LogP contribution in [0, 0.1) is 0 Å². The second-order valence-corrected chi connectivity index (χ2v) is 9.94. The van der Waals surface area contributed by atoms with Gasteiger partial charge < -0.3 is 30.8 Å². The SMILES string of the molecule is C.CO[C@@]1(NC(=O)CSCC(N)C(=O)O)C(=O)N2C(C(=O)[O-])=C(CSc3nnnn3C)CS[C@@H]21.[Na+]. The Kier molecular flexibility index (Phi) is 12.0. The first-order valence-electron chi connectivity index (χ1n) is 9.28. The normalized spacial score (nSPS) is 21.7. The zero-order valence-corrected chi connectivity index (χ0v) is 22.9. The number of carbonyl (C=O) groups is 4. The van der Waals surface area contributed by atoms with Crippen molar-refractivity contribution in [3.63, 3.8) is 0 Å². The molecule has 1 saturated heterocycles. The van der Waals surface area contributed by atoms with Gasteiger partial charge in [0.1, 0.15) is 11.4 Å². The molecule has 4 N–H and O–H groups in total. The fourth-order valence-corrected chi connectivity index (χ4v) is 6.33. The van der Waals surface area contributed by atoms with Crippen LogP contribution in [0.1, 0.15) is 7.43 Å². The van der Waals surface area contributed by atoms with Crippen LogP contribution in [-0.2, 0) is 31.0 Å². The summed E-state index contributed by atoms with van der Waals surface area (Å²) in [5.74, 6) is -3.73. The maximum absolute atomic E-state index is 13.0. The van der Waals surface area contributed by atoms with Crippen molar-refractivity contribution in [2.45, 2.75) is 29.7 Å². The van der Waals surface area contributed by atoms with Gasteiger partial charge >= 0.3 is 35.5 Å². The number of aryl methyl sites for hydroxylation is 1. The maximum Gasteiger partial charge on any atom is 1.00 e. The number of nitrogens with zero attached hydrogens (tertiary/aromatic N) is 5. The number of hydrogen-bond donors (Lipinski definition) is 3. The minimum atomic E-state index is -1.75. The molecule has 3 rings (SSSR count). The molecule has 2 aliphatic rings. The summed E-state index contributed by atoms with van der Waals surface area (Å²) < 4.78 is 6.78. The number of nitrogens with two attached hydrogens (primary N) is 1. The van der Waals surface area contributed by atoms with Gasteiger partial charge in [0.05, 0.1) is 17.4 Å². The molecule has 2 aliphatic heterocycles. The first-order chi connectivity index (χ1) is 15.6. The van der Waals surface area contributed by atoms with E-state index >= 15 is 0 Å². The Morgan fingerprint density at radius 1 is 1.46 bits per heavy atom. The molecule has 2 amide bonds. The van der Waals surface area contributed by atoms with Crippen LogP contribution in [0.4, 0.5) is 0 Å². The quantitative estimate of drug-likeness (QED) is 0.100. The summed E-state index contributed by atoms with van der Waals surface area (Å²) in [4.78, 5) is 49.1. The summed E-state index contributed by atoms with van der Waals surface area (Å²) in [6.07, 6.45) is 0. The summed E-state index contributed by atoms with van der Waals surface area (Å²) >= 11 is 3.43. The molecule has 0 aliphatic carbocycles. The van der Waals surface area contributed by atoms with Crippen molar-refractivity contribution in [1.82, 2.24) is 30.4 Å². The molecule has 35 heavy (non-hydrogen) atoms. The number of aromatic nitrogens is 4. The molecule has 1 aromatic heterocycles. The van der Waals surface area contributed by atoms with E-state index in [-0.39, 0.29) is 65.7 Å². The summed E-state index contributed by atoms with van der Waals surface area (Å²) in [5, 5.41) is 33.9. The van der Waals surface area contributed by atoms with E-state index < -0.39 is 40.9 Å². The van der Waals surface area contributed by atoms with Gasteiger partial charge in [-0.3, -0.25) is 19.3 Å². The topological polar surface area (TPSA) is 206 Å². The van der Waals surface area contributed by atoms with E-state index in [1.54, 1.807) is 7.05 Å². The summed E-state index contributed by atoms with van der Waals surface area (Å²) in [7, 11) is 2.88. The summed E-state index contributed by atoms with van der Waals surface area (Å²) in [6, 6.07) is -1.13. The van der Waals surface area contributed by atoms with Crippen LogP contribution in [0.15, 0.2) is 16.4 Å². The third kappa shape index (κ3) is 6.51. The van der Waals surface area contributed by atoms with Crippen LogP contribution in [-0.4, -0.2) is 101 Å². The number of carbonyl (C=O) groups excluding carboxylic acids is 3. The minimum Gasteiger partial charge on any atom is -0.543 e. The van der Waals surface area contributed by atoms with Gasteiger partial charge in [0.15, 0.2) is 0 Å². The van der Waals surface area contributed by atoms with Crippen LogP contribution >= 0.6 is 35.3 Å². The Morgan fingerprint density at radius 3 is 2.69 bits per heavy atom. The molecule has 0 aromatic carbocycles. The number of nitrogens with one attached hydrogen (secondary N) is 1. The number of carboxylic acids is 2. The van der Waals surface area contributed by atoms with E-state index in [0.717, 1.165) is 16.7 Å². The van der Waals surface area contributed by atoms with E-state index in [4.69, 9.17) is 15.6 Å². The molecule has 18 heteroatoms. The van der Waals surface area contributed by atoms with Gasteiger partial charge in [-0.1, -0.05) is 19.2 Å². The van der Waals surface area contributed by atoms with E-state index in [2.05, 4.69) is 20.8 Å². The average molecular weight is 558 g/mol. The van der Waals surface area contributed by atoms with Gasteiger partial charge in [0, 0.05) is 31.4 Å².